The third-order valence-electron chi connectivity index (χ3n) is 5.49. The Kier molecular flexibility index (Phi) is 6.65. The number of benzene rings is 1. The quantitative estimate of drug-likeness (QED) is 0.535. The van der Waals surface area contributed by atoms with Gasteiger partial charge in [0.1, 0.15) is 0 Å². The first-order valence-corrected chi connectivity index (χ1v) is 12.1. The average molecular weight is 439 g/mol. The van der Waals surface area contributed by atoms with E-state index in [4.69, 9.17) is 0 Å². The van der Waals surface area contributed by atoms with Crippen molar-refractivity contribution in [1.29, 1.82) is 0 Å². The predicted octanol–water partition coefficient (Wildman–Crippen LogP) is 5.16. The SMILES string of the molecule is CC(=O)NC(CC(=O)NC(c1ccc2c(c1)CCCC2)c1cccs1)c1cccs1. The first-order chi connectivity index (χ1) is 14.6. The van der Waals surface area contributed by atoms with E-state index < -0.39 is 0 Å². The fourth-order valence-electron chi connectivity index (χ4n) is 4.07. The molecule has 2 heterocycles. The van der Waals surface area contributed by atoms with Gasteiger partial charge in [0.25, 0.3) is 0 Å². The van der Waals surface area contributed by atoms with Crippen LogP contribution >= 0.6 is 22.7 Å². The molecule has 3 aromatic rings. The lowest BCUT2D eigenvalue weighted by Gasteiger charge is -2.23. The molecule has 0 saturated carbocycles. The van der Waals surface area contributed by atoms with Crippen molar-refractivity contribution in [2.75, 3.05) is 0 Å². The van der Waals surface area contributed by atoms with E-state index in [0.717, 1.165) is 28.2 Å². The molecule has 6 heteroatoms. The van der Waals surface area contributed by atoms with E-state index in [2.05, 4.69) is 34.9 Å². The van der Waals surface area contributed by atoms with Crippen LogP contribution in [0, 0.1) is 0 Å². The van der Waals surface area contributed by atoms with Crippen LogP contribution in [0.3, 0.4) is 0 Å². The first-order valence-electron chi connectivity index (χ1n) is 10.3. The number of carbonyl (C=O) groups is 2. The molecule has 0 aliphatic heterocycles. The average Bonchev–Trinajstić information content (AvgIpc) is 3.45. The monoisotopic (exact) mass is 438 g/mol. The number of thiophene rings is 2. The number of nitrogens with one attached hydrogen (secondary N) is 2. The van der Waals surface area contributed by atoms with Gasteiger partial charge in [-0.1, -0.05) is 30.3 Å². The lowest BCUT2D eigenvalue weighted by molar-refractivity contribution is -0.123. The van der Waals surface area contributed by atoms with Crippen molar-refractivity contribution >= 4 is 34.5 Å². The lowest BCUT2D eigenvalue weighted by Crippen LogP contribution is -2.34. The second-order valence-electron chi connectivity index (χ2n) is 7.72. The minimum absolute atomic E-state index is 0.0710. The summed E-state index contributed by atoms with van der Waals surface area (Å²) in [6.07, 6.45) is 4.95. The van der Waals surface area contributed by atoms with Gasteiger partial charge in [-0.15, -0.1) is 22.7 Å². The molecule has 2 unspecified atom stereocenters. The molecular weight excluding hydrogens is 412 g/mol. The Morgan fingerprint density at radius 1 is 0.933 bits per heavy atom. The van der Waals surface area contributed by atoms with Crippen molar-refractivity contribution < 1.29 is 9.59 Å². The summed E-state index contributed by atoms with van der Waals surface area (Å²) in [4.78, 5) is 26.8. The maximum atomic E-state index is 13.0. The van der Waals surface area contributed by atoms with E-state index in [1.165, 1.54) is 30.9 Å². The van der Waals surface area contributed by atoms with E-state index in [1.54, 1.807) is 22.7 Å². The first kappa shape index (κ1) is 20.8. The van der Waals surface area contributed by atoms with Gasteiger partial charge in [-0.2, -0.15) is 0 Å². The Labute approximate surface area is 185 Å². The van der Waals surface area contributed by atoms with Crippen molar-refractivity contribution in [2.45, 2.75) is 51.1 Å². The van der Waals surface area contributed by atoms with Gasteiger partial charge >= 0.3 is 0 Å². The highest BCUT2D eigenvalue weighted by molar-refractivity contribution is 7.10. The molecule has 0 bridgehead atoms. The molecule has 156 valence electrons. The zero-order valence-corrected chi connectivity index (χ0v) is 18.7. The van der Waals surface area contributed by atoms with Crippen molar-refractivity contribution in [1.82, 2.24) is 10.6 Å². The highest BCUT2D eigenvalue weighted by Gasteiger charge is 2.23. The second kappa shape index (κ2) is 9.58. The summed E-state index contributed by atoms with van der Waals surface area (Å²) >= 11 is 3.20. The van der Waals surface area contributed by atoms with Crippen LogP contribution in [0.4, 0.5) is 0 Å². The lowest BCUT2D eigenvalue weighted by atomic mass is 9.89. The van der Waals surface area contributed by atoms with Gasteiger partial charge in [-0.05, 0) is 65.3 Å². The molecule has 2 amide bonds. The van der Waals surface area contributed by atoms with Crippen molar-refractivity contribution in [3.63, 3.8) is 0 Å². The molecule has 1 aromatic carbocycles. The van der Waals surface area contributed by atoms with Gasteiger partial charge in [-0.3, -0.25) is 9.59 Å². The van der Waals surface area contributed by atoms with Gasteiger partial charge in [0.2, 0.25) is 11.8 Å². The third-order valence-corrected chi connectivity index (χ3v) is 7.42. The maximum absolute atomic E-state index is 13.0. The molecule has 2 N–H and O–H groups in total. The van der Waals surface area contributed by atoms with Crippen molar-refractivity contribution in [3.8, 4) is 0 Å². The molecule has 0 radical (unpaired) electrons. The maximum Gasteiger partial charge on any atom is 0.223 e. The molecule has 0 spiro atoms. The fraction of sp³-hybridized carbons (Fsp3) is 0.333. The van der Waals surface area contributed by atoms with Gasteiger partial charge in [0.05, 0.1) is 18.5 Å². The van der Waals surface area contributed by atoms with Crippen LogP contribution in [-0.4, -0.2) is 11.8 Å². The third kappa shape index (κ3) is 4.99. The van der Waals surface area contributed by atoms with Gasteiger partial charge in [0, 0.05) is 16.7 Å². The molecule has 0 saturated heterocycles. The summed E-state index contributed by atoms with van der Waals surface area (Å²) in [5.74, 6) is -0.205. The van der Waals surface area contributed by atoms with Gasteiger partial charge < -0.3 is 10.6 Å². The number of hydrogen-bond acceptors (Lipinski definition) is 4. The normalized spacial score (nSPS) is 15.1. The van der Waals surface area contributed by atoms with Crippen LogP contribution in [0.2, 0.25) is 0 Å². The predicted molar refractivity (Wildman–Crippen MR) is 123 cm³/mol. The van der Waals surface area contributed by atoms with E-state index in [1.807, 2.05) is 29.0 Å². The molecule has 4 rings (SSSR count). The summed E-state index contributed by atoms with van der Waals surface area (Å²) in [6.45, 7) is 1.49. The van der Waals surface area contributed by atoms with Crippen LogP contribution in [-0.2, 0) is 22.4 Å². The molecule has 0 fully saturated rings. The number of fused-ring (bicyclic) bond motifs is 1. The summed E-state index contributed by atoms with van der Waals surface area (Å²) in [5.41, 5.74) is 3.97. The Morgan fingerprint density at radius 2 is 1.63 bits per heavy atom. The molecule has 30 heavy (non-hydrogen) atoms. The highest BCUT2D eigenvalue weighted by atomic mass is 32.1. The second-order valence-corrected chi connectivity index (χ2v) is 9.68. The molecule has 4 nitrogen and oxygen atoms in total. The minimum atomic E-state index is -0.310. The Bertz CT molecular complexity index is 996. The molecule has 2 aromatic heterocycles. The van der Waals surface area contributed by atoms with Crippen LogP contribution in [0.15, 0.2) is 53.2 Å². The van der Waals surface area contributed by atoms with Crippen molar-refractivity contribution in [2.24, 2.45) is 0 Å². The number of hydrogen-bond donors (Lipinski definition) is 2. The Balaban J connectivity index is 1.55. The summed E-state index contributed by atoms with van der Waals surface area (Å²) < 4.78 is 0. The number of aryl methyl sites for hydroxylation is 2. The largest absolute Gasteiger partial charge is 0.348 e. The van der Waals surface area contributed by atoms with Crippen LogP contribution < -0.4 is 10.6 Å². The van der Waals surface area contributed by atoms with E-state index in [0.29, 0.717) is 0 Å². The Hall–Kier alpha value is -2.44. The molecule has 2 atom stereocenters. The van der Waals surface area contributed by atoms with Crippen molar-refractivity contribution in [3.05, 3.63) is 79.7 Å². The number of carbonyl (C=O) groups excluding carboxylic acids is 2. The Morgan fingerprint density at radius 3 is 2.30 bits per heavy atom. The fourth-order valence-corrected chi connectivity index (χ4v) is 5.65. The molecule has 1 aliphatic carbocycles. The van der Waals surface area contributed by atoms with E-state index in [9.17, 15) is 9.59 Å². The van der Waals surface area contributed by atoms with Crippen LogP contribution in [0.1, 0.15) is 64.7 Å². The zero-order chi connectivity index (χ0) is 20.9. The summed E-state index contributed by atoms with van der Waals surface area (Å²) in [7, 11) is 0. The summed E-state index contributed by atoms with van der Waals surface area (Å²) in [6, 6.07) is 14.1. The highest BCUT2D eigenvalue weighted by Crippen LogP contribution is 2.31. The van der Waals surface area contributed by atoms with Gasteiger partial charge in [-0.25, -0.2) is 0 Å². The van der Waals surface area contributed by atoms with Crippen LogP contribution in [0.25, 0.3) is 0 Å². The number of rotatable bonds is 7. The van der Waals surface area contributed by atoms with E-state index in [-0.39, 0.29) is 30.3 Å². The topological polar surface area (TPSA) is 58.2 Å². The minimum Gasteiger partial charge on any atom is -0.348 e. The molecular formula is C24H26N2O2S2. The number of amides is 2. The standard InChI is InChI=1S/C24H26N2O2S2/c1-16(27)25-20(21-8-4-12-29-21)15-23(28)26-24(22-9-5-13-30-22)19-11-10-17-6-2-3-7-18(17)14-19/h4-5,8-14,20,24H,2-3,6-7,15H2,1H3,(H,25,27)(H,26,28). The summed E-state index contributed by atoms with van der Waals surface area (Å²) in [5, 5.41) is 10.2. The van der Waals surface area contributed by atoms with E-state index >= 15 is 0 Å². The smallest absolute Gasteiger partial charge is 0.223 e. The zero-order valence-electron chi connectivity index (χ0n) is 17.0. The molecule has 1 aliphatic rings. The van der Waals surface area contributed by atoms with Crippen LogP contribution in [0.5, 0.6) is 0 Å². The van der Waals surface area contributed by atoms with Gasteiger partial charge in [0.15, 0.2) is 0 Å².